The summed E-state index contributed by atoms with van der Waals surface area (Å²) in [5.74, 6) is 0.568. The first-order valence-corrected chi connectivity index (χ1v) is 11.8. The number of hydrogen-bond acceptors (Lipinski definition) is 6. The van der Waals surface area contributed by atoms with Crippen molar-refractivity contribution in [2.45, 2.75) is 58.1 Å². The second-order valence-corrected chi connectivity index (χ2v) is 9.50. The molecule has 3 heterocycles. The fraction of sp³-hybridized carbons (Fsp3) is 0.435. The number of hydrogen-bond donors (Lipinski definition) is 0. The van der Waals surface area contributed by atoms with E-state index in [1.54, 1.807) is 0 Å². The van der Waals surface area contributed by atoms with Crippen molar-refractivity contribution >= 4 is 44.9 Å². The standard InChI is InChI=1S/C23H24ClN3O2S/c1-14-18-20(27-12-11-15-7-5-6-8-16(15)13-27)25-23(24)26-21(18)30-19(14)22(28)29-17-9-3-2-4-10-17/h5-8,17H,2-4,9-13H2,1H3. The van der Waals surface area contributed by atoms with Gasteiger partial charge in [0.15, 0.2) is 0 Å². The van der Waals surface area contributed by atoms with E-state index in [0.29, 0.717) is 4.88 Å². The van der Waals surface area contributed by atoms with Gasteiger partial charge in [0.25, 0.3) is 0 Å². The maximum atomic E-state index is 12.9. The molecule has 0 saturated heterocycles. The number of carbonyl (C=O) groups excluding carboxylic acids is 1. The molecule has 5 rings (SSSR count). The lowest BCUT2D eigenvalue weighted by atomic mass is 9.98. The van der Waals surface area contributed by atoms with Crippen LogP contribution >= 0.6 is 22.9 Å². The molecule has 1 aromatic carbocycles. The van der Waals surface area contributed by atoms with Crippen LogP contribution < -0.4 is 4.90 Å². The van der Waals surface area contributed by atoms with E-state index in [4.69, 9.17) is 16.3 Å². The molecule has 5 nitrogen and oxygen atoms in total. The van der Waals surface area contributed by atoms with Crippen LogP contribution in [0.1, 0.15) is 58.5 Å². The van der Waals surface area contributed by atoms with Crippen molar-refractivity contribution < 1.29 is 9.53 Å². The third-order valence-electron chi connectivity index (χ3n) is 6.19. The highest BCUT2D eigenvalue weighted by atomic mass is 35.5. The number of thiophene rings is 1. The zero-order valence-electron chi connectivity index (χ0n) is 17.0. The molecule has 30 heavy (non-hydrogen) atoms. The van der Waals surface area contributed by atoms with Crippen LogP contribution in [0.3, 0.4) is 0 Å². The topological polar surface area (TPSA) is 55.3 Å². The molecule has 1 fully saturated rings. The maximum Gasteiger partial charge on any atom is 0.348 e. The molecule has 2 aromatic heterocycles. The number of fused-ring (bicyclic) bond motifs is 2. The second kappa shape index (κ2) is 8.16. The van der Waals surface area contributed by atoms with E-state index in [1.165, 1.54) is 28.9 Å². The van der Waals surface area contributed by atoms with Gasteiger partial charge in [-0.2, -0.15) is 4.98 Å². The van der Waals surface area contributed by atoms with Crippen molar-refractivity contribution in [3.8, 4) is 0 Å². The van der Waals surface area contributed by atoms with Gasteiger partial charge >= 0.3 is 5.97 Å². The van der Waals surface area contributed by atoms with Gasteiger partial charge in [-0.15, -0.1) is 11.3 Å². The zero-order chi connectivity index (χ0) is 20.7. The summed E-state index contributed by atoms with van der Waals surface area (Å²) in [5, 5.41) is 1.13. The van der Waals surface area contributed by atoms with Crippen LogP contribution in [-0.4, -0.2) is 28.6 Å². The van der Waals surface area contributed by atoms with E-state index in [9.17, 15) is 4.79 Å². The summed E-state index contributed by atoms with van der Waals surface area (Å²) < 4.78 is 5.83. The summed E-state index contributed by atoms with van der Waals surface area (Å²) in [6.45, 7) is 3.60. The van der Waals surface area contributed by atoms with Crippen molar-refractivity contribution in [2.75, 3.05) is 11.4 Å². The minimum absolute atomic E-state index is 0.0311. The molecule has 0 atom stereocenters. The van der Waals surface area contributed by atoms with Gasteiger partial charge in [-0.05, 0) is 67.3 Å². The van der Waals surface area contributed by atoms with Crippen LogP contribution in [0.25, 0.3) is 10.2 Å². The van der Waals surface area contributed by atoms with E-state index in [2.05, 4.69) is 39.1 Å². The Morgan fingerprint density at radius 1 is 1.17 bits per heavy atom. The molecule has 0 radical (unpaired) electrons. The number of benzene rings is 1. The number of rotatable bonds is 3. The highest BCUT2D eigenvalue weighted by Crippen LogP contribution is 2.38. The van der Waals surface area contributed by atoms with E-state index >= 15 is 0 Å². The average molecular weight is 442 g/mol. The number of nitrogens with zero attached hydrogens (tertiary/aromatic N) is 3. The van der Waals surface area contributed by atoms with E-state index in [0.717, 1.165) is 66.8 Å². The maximum absolute atomic E-state index is 12.9. The lowest BCUT2D eigenvalue weighted by molar-refractivity contribution is 0.0216. The Labute approximate surface area is 185 Å². The van der Waals surface area contributed by atoms with Crippen molar-refractivity contribution in [2.24, 2.45) is 0 Å². The largest absolute Gasteiger partial charge is 0.458 e. The number of carbonyl (C=O) groups is 1. The predicted octanol–water partition coefficient (Wildman–Crippen LogP) is 5.71. The first kappa shape index (κ1) is 19.8. The summed E-state index contributed by atoms with van der Waals surface area (Å²) in [7, 11) is 0. The smallest absolute Gasteiger partial charge is 0.348 e. The molecule has 0 unspecified atom stereocenters. The molecule has 156 valence electrons. The predicted molar refractivity (Wildman–Crippen MR) is 121 cm³/mol. The molecule has 0 bridgehead atoms. The van der Waals surface area contributed by atoms with Gasteiger partial charge in [0.2, 0.25) is 5.28 Å². The van der Waals surface area contributed by atoms with Crippen LogP contribution in [0.15, 0.2) is 24.3 Å². The van der Waals surface area contributed by atoms with Crippen LogP contribution in [0.4, 0.5) is 5.82 Å². The van der Waals surface area contributed by atoms with Gasteiger partial charge in [-0.3, -0.25) is 0 Å². The Morgan fingerprint density at radius 2 is 1.93 bits per heavy atom. The summed E-state index contributed by atoms with van der Waals surface area (Å²) in [6.07, 6.45) is 6.39. The Hall–Kier alpha value is -2.18. The molecule has 0 N–H and O–H groups in total. The van der Waals surface area contributed by atoms with Gasteiger partial charge < -0.3 is 9.64 Å². The van der Waals surface area contributed by atoms with Gasteiger partial charge in [-0.1, -0.05) is 30.7 Å². The highest BCUT2D eigenvalue weighted by molar-refractivity contribution is 7.20. The van der Waals surface area contributed by atoms with Gasteiger partial charge in [-0.25, -0.2) is 9.78 Å². The van der Waals surface area contributed by atoms with E-state index in [1.807, 2.05) is 6.92 Å². The van der Waals surface area contributed by atoms with Crippen LogP contribution in [0.5, 0.6) is 0 Å². The molecule has 0 amide bonds. The molecule has 7 heteroatoms. The SMILES string of the molecule is Cc1c(C(=O)OC2CCCCC2)sc2nc(Cl)nc(N3CCc4ccccc4C3)c12. The van der Waals surface area contributed by atoms with Crippen molar-refractivity contribution in [1.29, 1.82) is 0 Å². The second-order valence-electron chi connectivity index (χ2n) is 8.16. The van der Waals surface area contributed by atoms with Crippen LogP contribution in [0, 0.1) is 6.92 Å². The third-order valence-corrected chi connectivity index (χ3v) is 7.52. The fourth-order valence-electron chi connectivity index (χ4n) is 4.58. The number of anilines is 1. The van der Waals surface area contributed by atoms with Crippen molar-refractivity contribution in [1.82, 2.24) is 9.97 Å². The molecule has 1 saturated carbocycles. The Balaban J connectivity index is 1.50. The minimum atomic E-state index is -0.242. The number of aryl methyl sites for hydroxylation is 1. The minimum Gasteiger partial charge on any atom is -0.458 e. The zero-order valence-corrected chi connectivity index (χ0v) is 18.6. The lowest BCUT2D eigenvalue weighted by Gasteiger charge is -2.30. The summed E-state index contributed by atoms with van der Waals surface area (Å²) in [4.78, 5) is 25.5. The Morgan fingerprint density at radius 3 is 2.73 bits per heavy atom. The number of halogens is 1. The van der Waals surface area contributed by atoms with Crippen molar-refractivity contribution in [3.05, 3.63) is 51.1 Å². The number of esters is 1. The summed E-state index contributed by atoms with van der Waals surface area (Å²) in [5.41, 5.74) is 3.57. The quantitative estimate of drug-likeness (QED) is 0.385. The van der Waals surface area contributed by atoms with Crippen molar-refractivity contribution in [3.63, 3.8) is 0 Å². The molecule has 0 spiro atoms. The molecule has 1 aliphatic carbocycles. The van der Waals surface area contributed by atoms with Gasteiger partial charge in [0, 0.05) is 13.1 Å². The fourth-order valence-corrected chi connectivity index (χ4v) is 5.85. The molecular weight excluding hydrogens is 418 g/mol. The van der Waals surface area contributed by atoms with Crippen LogP contribution in [0.2, 0.25) is 5.28 Å². The molecule has 2 aliphatic rings. The van der Waals surface area contributed by atoms with E-state index in [-0.39, 0.29) is 17.4 Å². The Bertz CT molecular complexity index is 1110. The number of ether oxygens (including phenoxy) is 1. The average Bonchev–Trinajstić information content (AvgIpc) is 3.10. The first-order chi connectivity index (χ1) is 14.6. The van der Waals surface area contributed by atoms with Gasteiger partial charge in [0.05, 0.1) is 5.39 Å². The van der Waals surface area contributed by atoms with Crippen LogP contribution in [-0.2, 0) is 17.7 Å². The monoisotopic (exact) mass is 441 g/mol. The molecule has 3 aromatic rings. The highest BCUT2D eigenvalue weighted by Gasteiger charge is 2.27. The Kier molecular flexibility index (Phi) is 5.37. The normalized spacial score (nSPS) is 17.2. The first-order valence-electron chi connectivity index (χ1n) is 10.6. The molecule has 1 aliphatic heterocycles. The lowest BCUT2D eigenvalue weighted by Crippen LogP contribution is -2.31. The number of aromatic nitrogens is 2. The van der Waals surface area contributed by atoms with E-state index < -0.39 is 0 Å². The summed E-state index contributed by atoms with van der Waals surface area (Å²) in [6, 6.07) is 8.50. The molecular formula is C23H24ClN3O2S. The van der Waals surface area contributed by atoms with Gasteiger partial charge in [0.1, 0.15) is 21.6 Å². The summed E-state index contributed by atoms with van der Waals surface area (Å²) >= 11 is 7.64. The third kappa shape index (κ3) is 3.67.